The predicted molar refractivity (Wildman–Crippen MR) is 144 cm³/mol. The van der Waals surface area contributed by atoms with Gasteiger partial charge in [-0.2, -0.15) is 5.10 Å². The number of nitrogens with one attached hydrogen (secondary N) is 1. The number of ether oxygens (including phenoxy) is 1. The van der Waals surface area contributed by atoms with Gasteiger partial charge in [0.1, 0.15) is 11.6 Å². The summed E-state index contributed by atoms with van der Waals surface area (Å²) < 4.78 is 21.6. The number of halogens is 1. The Hall–Kier alpha value is -5.11. The van der Waals surface area contributed by atoms with Gasteiger partial charge in [0.25, 0.3) is 0 Å². The first-order valence-corrected chi connectivity index (χ1v) is 12.0. The topological polar surface area (TPSA) is 101 Å². The lowest BCUT2D eigenvalue weighted by Crippen LogP contribution is -1.99. The summed E-state index contributed by atoms with van der Waals surface area (Å²) in [6, 6.07) is 20.4. The molecule has 0 aliphatic carbocycles. The zero-order valence-corrected chi connectivity index (χ0v) is 20.4. The van der Waals surface area contributed by atoms with Gasteiger partial charge in [0, 0.05) is 24.0 Å². The molecular formula is C30H23FN4O3. The average molecular weight is 507 g/mol. The summed E-state index contributed by atoms with van der Waals surface area (Å²) in [6.45, 7) is 2.02. The maximum absolute atomic E-state index is 15.8. The lowest BCUT2D eigenvalue weighted by atomic mass is 9.87. The van der Waals surface area contributed by atoms with E-state index in [1.807, 2.05) is 61.5 Å². The van der Waals surface area contributed by atoms with Gasteiger partial charge < -0.3 is 9.84 Å². The molecule has 3 aromatic carbocycles. The minimum absolute atomic E-state index is 0.250. The number of carboxylic acid groups (broad SMARTS) is 1. The van der Waals surface area contributed by atoms with Gasteiger partial charge in [-0.05, 0) is 70.7 Å². The number of hydrogen-bond donors (Lipinski definition) is 2. The molecule has 0 aliphatic rings. The smallest absolute Gasteiger partial charge is 0.328 e. The molecule has 0 aliphatic heterocycles. The Bertz CT molecular complexity index is 1640. The highest BCUT2D eigenvalue weighted by molar-refractivity contribution is 6.01. The zero-order chi connectivity index (χ0) is 26.5. The molecule has 8 heteroatoms. The van der Waals surface area contributed by atoms with E-state index in [9.17, 15) is 4.79 Å². The van der Waals surface area contributed by atoms with Crippen LogP contribution in [-0.4, -0.2) is 31.2 Å². The van der Waals surface area contributed by atoms with Gasteiger partial charge in [-0.3, -0.25) is 5.10 Å². The first-order valence-electron chi connectivity index (χ1n) is 12.0. The molecular weight excluding hydrogens is 483 g/mol. The lowest BCUT2D eigenvalue weighted by Gasteiger charge is -2.18. The normalized spacial score (nSPS) is 12.1. The standard InChI is InChI=1S/C30H23FN4O3/c1-2-23(20-9-11-22(12-10-20)38-30-32-16-3-17-33-30)28(21-7-4-19(5-8-21)6-15-27(36)37)24-13-14-26-25(29(24)31)18-34-35-26/h3-18H,2H2,1H3,(H,34,35)(H,36,37)/b15-6+,28-23+. The summed E-state index contributed by atoms with van der Waals surface area (Å²) >= 11 is 0. The molecule has 38 heavy (non-hydrogen) atoms. The number of nitrogens with zero attached hydrogens (tertiary/aromatic N) is 3. The molecule has 2 heterocycles. The van der Waals surface area contributed by atoms with Crippen molar-refractivity contribution in [2.45, 2.75) is 13.3 Å². The summed E-state index contributed by atoms with van der Waals surface area (Å²) in [5.41, 5.74) is 5.17. The number of allylic oxidation sites excluding steroid dienone is 1. The van der Waals surface area contributed by atoms with E-state index in [1.165, 1.54) is 12.3 Å². The SMILES string of the molecule is CC/C(=C(/c1ccc(/C=C/C(=O)O)cc1)c1ccc2[nH]ncc2c1F)c1ccc(Oc2ncccn2)cc1. The molecule has 0 fully saturated rings. The van der Waals surface area contributed by atoms with Crippen molar-refractivity contribution < 1.29 is 19.0 Å². The van der Waals surface area contributed by atoms with Crippen molar-refractivity contribution in [1.82, 2.24) is 20.2 Å². The van der Waals surface area contributed by atoms with Crippen molar-refractivity contribution in [3.05, 3.63) is 119 Å². The van der Waals surface area contributed by atoms with E-state index in [-0.39, 0.29) is 11.8 Å². The van der Waals surface area contributed by atoms with E-state index in [0.29, 0.717) is 28.6 Å². The summed E-state index contributed by atoms with van der Waals surface area (Å²) in [4.78, 5) is 19.1. The van der Waals surface area contributed by atoms with Gasteiger partial charge in [-0.1, -0.05) is 43.3 Å². The molecule has 0 bridgehead atoms. The third-order valence-electron chi connectivity index (χ3n) is 6.05. The minimum atomic E-state index is -1.02. The quantitative estimate of drug-likeness (QED) is 0.178. The monoisotopic (exact) mass is 506 g/mol. The highest BCUT2D eigenvalue weighted by Gasteiger charge is 2.19. The maximum atomic E-state index is 15.8. The van der Waals surface area contributed by atoms with Crippen LogP contribution < -0.4 is 4.74 Å². The first-order chi connectivity index (χ1) is 18.5. The Kier molecular flexibility index (Phi) is 7.04. The average Bonchev–Trinajstić information content (AvgIpc) is 3.43. The van der Waals surface area contributed by atoms with E-state index < -0.39 is 5.97 Å². The van der Waals surface area contributed by atoms with Crippen LogP contribution in [0.3, 0.4) is 0 Å². The summed E-state index contributed by atoms with van der Waals surface area (Å²) in [7, 11) is 0. The van der Waals surface area contributed by atoms with Crippen LogP contribution in [0.2, 0.25) is 0 Å². The Morgan fingerprint density at radius 3 is 2.39 bits per heavy atom. The number of aromatic amines is 1. The van der Waals surface area contributed by atoms with Crippen molar-refractivity contribution in [2.75, 3.05) is 0 Å². The number of aromatic nitrogens is 4. The van der Waals surface area contributed by atoms with Crippen molar-refractivity contribution in [2.24, 2.45) is 0 Å². The molecule has 5 aromatic rings. The molecule has 0 saturated heterocycles. The van der Waals surface area contributed by atoms with Gasteiger partial charge in [-0.25, -0.2) is 19.2 Å². The highest BCUT2D eigenvalue weighted by Crippen LogP contribution is 2.38. The summed E-state index contributed by atoms with van der Waals surface area (Å²) in [6.07, 6.45) is 7.92. The van der Waals surface area contributed by atoms with E-state index >= 15 is 4.39 Å². The number of fused-ring (bicyclic) bond motifs is 1. The Morgan fingerprint density at radius 1 is 1.00 bits per heavy atom. The fourth-order valence-electron chi connectivity index (χ4n) is 4.29. The van der Waals surface area contributed by atoms with Crippen LogP contribution in [-0.2, 0) is 4.79 Å². The molecule has 5 rings (SSSR count). The van der Waals surface area contributed by atoms with E-state index in [0.717, 1.165) is 33.9 Å². The second-order valence-corrected chi connectivity index (χ2v) is 8.42. The van der Waals surface area contributed by atoms with Crippen molar-refractivity contribution in [3.63, 3.8) is 0 Å². The number of H-pyrrole nitrogens is 1. The predicted octanol–water partition coefficient (Wildman–Crippen LogP) is 6.75. The lowest BCUT2D eigenvalue weighted by molar-refractivity contribution is -0.131. The fraction of sp³-hybridized carbons (Fsp3) is 0.0667. The molecule has 188 valence electrons. The van der Waals surface area contributed by atoms with E-state index in [1.54, 1.807) is 24.5 Å². The van der Waals surface area contributed by atoms with Crippen LogP contribution >= 0.6 is 0 Å². The van der Waals surface area contributed by atoms with Crippen molar-refractivity contribution >= 4 is 34.1 Å². The van der Waals surface area contributed by atoms with Crippen molar-refractivity contribution in [1.29, 1.82) is 0 Å². The molecule has 0 unspecified atom stereocenters. The molecule has 0 radical (unpaired) electrons. The third kappa shape index (κ3) is 5.19. The van der Waals surface area contributed by atoms with Crippen LogP contribution in [0.1, 0.15) is 35.6 Å². The number of aliphatic carboxylic acids is 1. The number of rotatable bonds is 8. The molecule has 7 nitrogen and oxygen atoms in total. The molecule has 0 saturated carbocycles. The largest absolute Gasteiger partial charge is 0.478 e. The van der Waals surface area contributed by atoms with E-state index in [2.05, 4.69) is 20.2 Å². The van der Waals surface area contributed by atoms with Gasteiger partial charge in [0.05, 0.1) is 17.1 Å². The number of benzene rings is 3. The minimum Gasteiger partial charge on any atom is -0.478 e. The van der Waals surface area contributed by atoms with Gasteiger partial charge >= 0.3 is 12.0 Å². The molecule has 0 spiro atoms. The number of hydrogen-bond acceptors (Lipinski definition) is 5. The second-order valence-electron chi connectivity index (χ2n) is 8.42. The second kappa shape index (κ2) is 10.9. The fourth-order valence-corrected chi connectivity index (χ4v) is 4.29. The van der Waals surface area contributed by atoms with Crippen molar-refractivity contribution in [3.8, 4) is 11.8 Å². The highest BCUT2D eigenvalue weighted by atomic mass is 19.1. The molecule has 0 atom stereocenters. The maximum Gasteiger partial charge on any atom is 0.328 e. The van der Waals surface area contributed by atoms with Crippen LogP contribution in [0.25, 0.3) is 28.1 Å². The first kappa shape index (κ1) is 24.6. The van der Waals surface area contributed by atoms with Crippen LogP contribution in [0.5, 0.6) is 11.8 Å². The van der Waals surface area contributed by atoms with Gasteiger partial charge in [0.15, 0.2) is 0 Å². The summed E-state index contributed by atoms with van der Waals surface area (Å²) in [5, 5.41) is 16.1. The zero-order valence-electron chi connectivity index (χ0n) is 20.4. The molecule has 0 amide bonds. The Morgan fingerprint density at radius 2 is 1.71 bits per heavy atom. The Balaban J connectivity index is 1.62. The number of carboxylic acids is 1. The number of carbonyl (C=O) groups is 1. The van der Waals surface area contributed by atoms with Crippen LogP contribution in [0.15, 0.2) is 91.4 Å². The van der Waals surface area contributed by atoms with Crippen LogP contribution in [0.4, 0.5) is 4.39 Å². The summed E-state index contributed by atoms with van der Waals surface area (Å²) in [5.74, 6) is -0.810. The van der Waals surface area contributed by atoms with Gasteiger partial charge in [-0.15, -0.1) is 0 Å². The van der Waals surface area contributed by atoms with Crippen LogP contribution in [0, 0.1) is 5.82 Å². The molecule has 2 aromatic heterocycles. The molecule has 2 N–H and O–H groups in total. The Labute approximate surface area is 218 Å². The third-order valence-corrected chi connectivity index (χ3v) is 6.05. The van der Waals surface area contributed by atoms with Gasteiger partial charge in [0.2, 0.25) is 0 Å². The van der Waals surface area contributed by atoms with E-state index in [4.69, 9.17) is 9.84 Å².